The third-order valence-electron chi connectivity index (χ3n) is 5.09. The van der Waals surface area contributed by atoms with Gasteiger partial charge in [-0.15, -0.1) is 0 Å². The second-order valence-corrected chi connectivity index (χ2v) is 7.25. The first kappa shape index (κ1) is 22.4. The molecule has 0 radical (unpaired) electrons. The SMILES string of the molecule is COc1ccc(-c2cc3c(n(-c4ccc(OC)cc4)c2=O)NC(NCC(F)(F)F)N=C3)cc1. The third-order valence-corrected chi connectivity index (χ3v) is 5.09. The highest BCUT2D eigenvalue weighted by molar-refractivity contribution is 5.91. The maximum atomic E-state index is 13.6. The van der Waals surface area contributed by atoms with Crippen molar-refractivity contribution in [3.8, 4) is 28.3 Å². The Kier molecular flexibility index (Phi) is 6.10. The van der Waals surface area contributed by atoms with Crippen molar-refractivity contribution in [1.29, 1.82) is 0 Å². The van der Waals surface area contributed by atoms with Crippen LogP contribution in [0, 0.1) is 0 Å². The smallest absolute Gasteiger partial charge is 0.401 e. The molecule has 1 unspecified atom stereocenters. The number of ether oxygens (including phenoxy) is 2. The van der Waals surface area contributed by atoms with Gasteiger partial charge in [0, 0.05) is 17.3 Å². The fourth-order valence-electron chi connectivity index (χ4n) is 3.48. The second kappa shape index (κ2) is 8.99. The molecule has 2 aromatic carbocycles. The summed E-state index contributed by atoms with van der Waals surface area (Å²) in [6.45, 7) is -1.23. The van der Waals surface area contributed by atoms with Gasteiger partial charge in [-0.05, 0) is 48.0 Å². The predicted molar refractivity (Wildman–Crippen MR) is 120 cm³/mol. The number of pyridine rings is 1. The van der Waals surface area contributed by atoms with Crippen LogP contribution in [-0.2, 0) is 0 Å². The Morgan fingerprint density at radius 1 is 1.03 bits per heavy atom. The molecule has 3 aromatic rings. The topological polar surface area (TPSA) is 76.9 Å². The summed E-state index contributed by atoms with van der Waals surface area (Å²) >= 11 is 0. The first-order valence-corrected chi connectivity index (χ1v) is 9.98. The number of hydrogen-bond acceptors (Lipinski definition) is 6. The highest BCUT2D eigenvalue weighted by Gasteiger charge is 2.29. The van der Waals surface area contributed by atoms with E-state index in [2.05, 4.69) is 15.6 Å². The fourth-order valence-corrected chi connectivity index (χ4v) is 3.48. The zero-order valence-corrected chi connectivity index (χ0v) is 17.8. The van der Waals surface area contributed by atoms with E-state index < -0.39 is 19.0 Å². The number of fused-ring (bicyclic) bond motifs is 1. The van der Waals surface area contributed by atoms with E-state index in [0.29, 0.717) is 39.7 Å². The number of aromatic nitrogens is 1. The van der Waals surface area contributed by atoms with Gasteiger partial charge in [-0.3, -0.25) is 19.7 Å². The lowest BCUT2D eigenvalue weighted by Gasteiger charge is -2.26. The van der Waals surface area contributed by atoms with Gasteiger partial charge in [-0.25, -0.2) is 0 Å². The van der Waals surface area contributed by atoms with Gasteiger partial charge in [0.2, 0.25) is 0 Å². The predicted octanol–water partition coefficient (Wildman–Crippen LogP) is 3.80. The van der Waals surface area contributed by atoms with Crippen molar-refractivity contribution in [3.05, 3.63) is 70.5 Å². The first-order valence-electron chi connectivity index (χ1n) is 9.98. The van der Waals surface area contributed by atoms with Crippen molar-refractivity contribution in [2.24, 2.45) is 4.99 Å². The summed E-state index contributed by atoms with van der Waals surface area (Å²) < 4.78 is 49.8. The molecule has 33 heavy (non-hydrogen) atoms. The number of alkyl halides is 3. The maximum absolute atomic E-state index is 13.6. The van der Waals surface area contributed by atoms with Crippen molar-refractivity contribution in [3.63, 3.8) is 0 Å². The van der Waals surface area contributed by atoms with E-state index in [1.807, 2.05) is 0 Å². The van der Waals surface area contributed by atoms with Crippen molar-refractivity contribution in [1.82, 2.24) is 9.88 Å². The summed E-state index contributed by atoms with van der Waals surface area (Å²) in [5.74, 6) is 1.58. The zero-order valence-electron chi connectivity index (χ0n) is 17.8. The van der Waals surface area contributed by atoms with E-state index in [9.17, 15) is 18.0 Å². The van der Waals surface area contributed by atoms with E-state index in [-0.39, 0.29) is 5.56 Å². The Bertz CT molecular complexity index is 1220. The molecule has 10 heteroatoms. The average Bonchev–Trinajstić information content (AvgIpc) is 2.82. The Morgan fingerprint density at radius 3 is 2.21 bits per heavy atom. The summed E-state index contributed by atoms with van der Waals surface area (Å²) in [6.07, 6.45) is -3.99. The standard InChI is InChI=1S/C23H21F3N4O3/c1-32-17-7-3-14(4-8-17)19-11-15-12-27-22(28-13-23(24,25)26)29-20(15)30(21(19)31)16-5-9-18(33-2)10-6-16/h3-12,22,28-29H,13H2,1-2H3. The first-order chi connectivity index (χ1) is 15.8. The molecule has 1 aliphatic rings. The number of nitrogens with one attached hydrogen (secondary N) is 2. The van der Waals surface area contributed by atoms with Crippen LogP contribution in [0.15, 0.2) is 64.4 Å². The molecule has 0 spiro atoms. The molecular weight excluding hydrogens is 437 g/mol. The molecule has 1 aromatic heterocycles. The van der Waals surface area contributed by atoms with Crippen molar-refractivity contribution in [2.45, 2.75) is 12.5 Å². The number of aliphatic imine (C=N–C) groups is 1. The maximum Gasteiger partial charge on any atom is 0.401 e. The number of hydrogen-bond donors (Lipinski definition) is 2. The molecule has 2 heterocycles. The molecule has 2 N–H and O–H groups in total. The van der Waals surface area contributed by atoms with Crippen molar-refractivity contribution in [2.75, 3.05) is 26.1 Å². The number of nitrogens with zero attached hydrogens (tertiary/aromatic N) is 2. The van der Waals surface area contributed by atoms with Crippen LogP contribution in [0.2, 0.25) is 0 Å². The minimum atomic E-state index is -4.40. The second-order valence-electron chi connectivity index (χ2n) is 7.25. The van der Waals surface area contributed by atoms with E-state index in [4.69, 9.17) is 9.47 Å². The third kappa shape index (κ3) is 4.85. The van der Waals surface area contributed by atoms with Crippen molar-refractivity contribution < 1.29 is 22.6 Å². The van der Waals surface area contributed by atoms with Crippen molar-refractivity contribution >= 4 is 12.0 Å². The molecule has 0 bridgehead atoms. The highest BCUT2D eigenvalue weighted by atomic mass is 19.4. The normalized spacial score (nSPS) is 15.0. The van der Waals surface area contributed by atoms with E-state index in [1.54, 1.807) is 61.7 Å². The van der Waals surface area contributed by atoms with Gasteiger partial charge in [0.05, 0.1) is 26.5 Å². The lowest BCUT2D eigenvalue weighted by Crippen LogP contribution is -2.43. The lowest BCUT2D eigenvalue weighted by atomic mass is 10.0. The monoisotopic (exact) mass is 458 g/mol. The molecule has 0 saturated heterocycles. The van der Waals surface area contributed by atoms with Gasteiger partial charge in [0.1, 0.15) is 17.3 Å². The number of halogens is 3. The molecule has 0 fully saturated rings. The van der Waals surface area contributed by atoms with Gasteiger partial charge < -0.3 is 14.8 Å². The highest BCUT2D eigenvalue weighted by Crippen LogP contribution is 2.28. The van der Waals surface area contributed by atoms with Gasteiger partial charge in [0.25, 0.3) is 5.56 Å². The number of benzene rings is 2. The van der Waals surface area contributed by atoms with Gasteiger partial charge in [0.15, 0.2) is 6.29 Å². The van der Waals surface area contributed by atoms with E-state index in [1.165, 1.54) is 17.9 Å². The largest absolute Gasteiger partial charge is 0.497 e. The van der Waals surface area contributed by atoms with Crippen LogP contribution in [0.25, 0.3) is 16.8 Å². The van der Waals surface area contributed by atoms with E-state index in [0.717, 1.165) is 0 Å². The molecule has 0 amide bonds. The average molecular weight is 458 g/mol. The zero-order chi connectivity index (χ0) is 23.6. The molecule has 0 saturated carbocycles. The number of anilines is 1. The van der Waals surface area contributed by atoms with Crippen LogP contribution in [0.3, 0.4) is 0 Å². The summed E-state index contributed by atoms with van der Waals surface area (Å²) in [7, 11) is 3.08. The fraction of sp³-hybridized carbons (Fsp3) is 0.217. The van der Waals surface area contributed by atoms with Crippen LogP contribution in [0.1, 0.15) is 5.56 Å². The number of rotatable bonds is 6. The Hall–Kier alpha value is -3.79. The Labute approximate surface area is 187 Å². The van der Waals surface area contributed by atoms with Gasteiger partial charge in [-0.1, -0.05) is 12.1 Å². The van der Waals surface area contributed by atoms with Crippen LogP contribution >= 0.6 is 0 Å². The van der Waals surface area contributed by atoms with Gasteiger partial charge >= 0.3 is 6.18 Å². The minimum Gasteiger partial charge on any atom is -0.497 e. The van der Waals surface area contributed by atoms with Crippen LogP contribution < -0.4 is 25.7 Å². The summed E-state index contributed by atoms with van der Waals surface area (Å²) in [5.41, 5.74) is 1.80. The van der Waals surface area contributed by atoms with Crippen LogP contribution in [0.4, 0.5) is 19.0 Å². The van der Waals surface area contributed by atoms with Crippen LogP contribution in [0.5, 0.6) is 11.5 Å². The van der Waals surface area contributed by atoms with Crippen LogP contribution in [-0.4, -0.2) is 44.0 Å². The summed E-state index contributed by atoms with van der Waals surface area (Å²) in [6, 6.07) is 15.5. The van der Waals surface area contributed by atoms with Gasteiger partial charge in [-0.2, -0.15) is 13.2 Å². The molecule has 4 rings (SSSR count). The summed E-state index contributed by atoms with van der Waals surface area (Å²) in [5, 5.41) is 5.20. The molecule has 7 nitrogen and oxygen atoms in total. The Morgan fingerprint density at radius 2 is 1.64 bits per heavy atom. The molecule has 0 aliphatic carbocycles. The molecular formula is C23H21F3N4O3. The van der Waals surface area contributed by atoms with E-state index >= 15 is 0 Å². The molecule has 172 valence electrons. The Balaban J connectivity index is 1.83. The molecule has 1 atom stereocenters. The lowest BCUT2D eigenvalue weighted by molar-refractivity contribution is -0.125. The summed E-state index contributed by atoms with van der Waals surface area (Å²) in [4.78, 5) is 17.7. The minimum absolute atomic E-state index is 0.331. The number of methoxy groups -OCH3 is 2. The molecule has 1 aliphatic heterocycles. The quantitative estimate of drug-likeness (QED) is 0.588.